The van der Waals surface area contributed by atoms with Crippen molar-refractivity contribution in [2.24, 2.45) is 0 Å². The van der Waals surface area contributed by atoms with Gasteiger partial charge in [-0.25, -0.2) is 0 Å². The molecule has 5 heteroatoms. The van der Waals surface area contributed by atoms with Gasteiger partial charge in [0.2, 0.25) is 11.8 Å². The van der Waals surface area contributed by atoms with Crippen molar-refractivity contribution in [3.8, 4) is 0 Å². The maximum atomic E-state index is 13.7. The summed E-state index contributed by atoms with van der Waals surface area (Å²) in [5.74, 6) is -0.219. The molecule has 0 aliphatic rings. The van der Waals surface area contributed by atoms with E-state index in [1.807, 2.05) is 99.6 Å². The monoisotopic (exact) mass is 476 g/mol. The van der Waals surface area contributed by atoms with Crippen LogP contribution >= 0.6 is 11.6 Å². The second-order valence-corrected chi connectivity index (χ2v) is 9.27. The van der Waals surface area contributed by atoms with Gasteiger partial charge in [0.15, 0.2) is 0 Å². The highest BCUT2D eigenvalue weighted by molar-refractivity contribution is 6.30. The molecule has 0 radical (unpaired) electrons. The standard InChI is InChI=1S/C29H33ClN2O2/c1-4-22(3)31-29(34)27(18-23-8-6-5-7-9-23)32(20-25-14-16-26(30)17-15-25)28(33)19-24-12-10-21(2)11-13-24/h5-17,22,27H,4,18-20H2,1-3H3,(H,31,34)/t22-,27-/m1/s1. The minimum Gasteiger partial charge on any atom is -0.352 e. The lowest BCUT2D eigenvalue weighted by molar-refractivity contribution is -0.141. The van der Waals surface area contributed by atoms with E-state index in [0.717, 1.165) is 28.7 Å². The van der Waals surface area contributed by atoms with E-state index in [0.29, 0.717) is 18.0 Å². The average molecular weight is 477 g/mol. The lowest BCUT2D eigenvalue weighted by Crippen LogP contribution is -2.52. The maximum Gasteiger partial charge on any atom is 0.243 e. The fourth-order valence-electron chi connectivity index (χ4n) is 3.76. The number of amides is 2. The summed E-state index contributed by atoms with van der Waals surface area (Å²) in [6.07, 6.45) is 1.49. The molecule has 0 aromatic heterocycles. The number of carbonyl (C=O) groups excluding carboxylic acids is 2. The average Bonchev–Trinajstić information content (AvgIpc) is 2.84. The van der Waals surface area contributed by atoms with Crippen molar-refractivity contribution >= 4 is 23.4 Å². The molecule has 4 nitrogen and oxygen atoms in total. The Hall–Kier alpha value is -3.11. The Morgan fingerprint density at radius 1 is 0.882 bits per heavy atom. The molecule has 2 atom stereocenters. The highest BCUT2D eigenvalue weighted by Crippen LogP contribution is 2.18. The summed E-state index contributed by atoms with van der Waals surface area (Å²) in [5, 5.41) is 3.73. The Labute approximate surface area is 207 Å². The molecule has 34 heavy (non-hydrogen) atoms. The smallest absolute Gasteiger partial charge is 0.243 e. The maximum absolute atomic E-state index is 13.7. The summed E-state index contributed by atoms with van der Waals surface area (Å²) < 4.78 is 0. The third-order valence-corrected chi connectivity index (χ3v) is 6.27. The largest absolute Gasteiger partial charge is 0.352 e. The van der Waals surface area contributed by atoms with Crippen LogP contribution in [-0.2, 0) is 29.0 Å². The molecule has 0 unspecified atom stereocenters. The molecule has 0 aliphatic carbocycles. The molecular weight excluding hydrogens is 444 g/mol. The lowest BCUT2D eigenvalue weighted by atomic mass is 10.0. The van der Waals surface area contributed by atoms with Crippen LogP contribution in [0.2, 0.25) is 5.02 Å². The van der Waals surface area contributed by atoms with Crippen LogP contribution in [0.4, 0.5) is 0 Å². The van der Waals surface area contributed by atoms with Crippen LogP contribution in [0.15, 0.2) is 78.9 Å². The van der Waals surface area contributed by atoms with Gasteiger partial charge in [0.05, 0.1) is 6.42 Å². The minimum atomic E-state index is -0.634. The number of hydrogen-bond donors (Lipinski definition) is 1. The Bertz CT molecular complexity index is 1070. The predicted octanol–water partition coefficient (Wildman–Crippen LogP) is 5.75. The van der Waals surface area contributed by atoms with Gasteiger partial charge in [-0.05, 0) is 49.1 Å². The van der Waals surface area contributed by atoms with Gasteiger partial charge in [0.1, 0.15) is 6.04 Å². The molecule has 1 N–H and O–H groups in total. The zero-order valence-corrected chi connectivity index (χ0v) is 20.9. The number of nitrogens with one attached hydrogen (secondary N) is 1. The Morgan fingerprint density at radius 3 is 2.12 bits per heavy atom. The van der Waals surface area contributed by atoms with E-state index in [1.165, 1.54) is 0 Å². The van der Waals surface area contributed by atoms with E-state index in [-0.39, 0.29) is 24.3 Å². The number of carbonyl (C=O) groups is 2. The first-order valence-corrected chi connectivity index (χ1v) is 12.2. The molecule has 0 saturated heterocycles. The summed E-state index contributed by atoms with van der Waals surface area (Å²) in [6.45, 7) is 6.36. The first-order valence-electron chi connectivity index (χ1n) is 11.8. The summed E-state index contributed by atoms with van der Waals surface area (Å²) >= 11 is 6.08. The van der Waals surface area contributed by atoms with Gasteiger partial charge in [0.25, 0.3) is 0 Å². The highest BCUT2D eigenvalue weighted by Gasteiger charge is 2.31. The van der Waals surface area contributed by atoms with Crippen LogP contribution in [-0.4, -0.2) is 28.8 Å². The first-order chi connectivity index (χ1) is 16.4. The van der Waals surface area contributed by atoms with Crippen molar-refractivity contribution in [1.29, 1.82) is 0 Å². The summed E-state index contributed by atoms with van der Waals surface area (Å²) in [6, 6.07) is 24.6. The molecule has 0 saturated carbocycles. The minimum absolute atomic E-state index is 0.0235. The topological polar surface area (TPSA) is 49.4 Å². The van der Waals surface area contributed by atoms with Crippen molar-refractivity contribution < 1.29 is 9.59 Å². The fourth-order valence-corrected chi connectivity index (χ4v) is 3.89. The van der Waals surface area contributed by atoms with Crippen molar-refractivity contribution in [1.82, 2.24) is 10.2 Å². The molecule has 3 aromatic carbocycles. The van der Waals surface area contributed by atoms with Crippen LogP contribution in [0.3, 0.4) is 0 Å². The van der Waals surface area contributed by atoms with Crippen LogP contribution in [0.1, 0.15) is 42.5 Å². The molecule has 3 rings (SSSR count). The van der Waals surface area contributed by atoms with Gasteiger partial charge < -0.3 is 10.2 Å². The van der Waals surface area contributed by atoms with Crippen molar-refractivity contribution in [3.63, 3.8) is 0 Å². The van der Waals surface area contributed by atoms with Crippen LogP contribution in [0.25, 0.3) is 0 Å². The summed E-state index contributed by atoms with van der Waals surface area (Å²) in [4.78, 5) is 28.9. The number of nitrogens with zero attached hydrogens (tertiary/aromatic N) is 1. The van der Waals surface area contributed by atoms with E-state index in [9.17, 15) is 9.59 Å². The van der Waals surface area contributed by atoms with Crippen LogP contribution in [0.5, 0.6) is 0 Å². The number of rotatable bonds is 10. The normalized spacial score (nSPS) is 12.6. The first kappa shape index (κ1) is 25.5. The quantitative estimate of drug-likeness (QED) is 0.405. The summed E-state index contributed by atoms with van der Waals surface area (Å²) in [7, 11) is 0. The molecular formula is C29H33ClN2O2. The fraction of sp³-hybridized carbons (Fsp3) is 0.310. The molecule has 0 spiro atoms. The molecule has 0 fully saturated rings. The van der Waals surface area contributed by atoms with Gasteiger partial charge in [-0.3, -0.25) is 9.59 Å². The lowest BCUT2D eigenvalue weighted by Gasteiger charge is -2.32. The highest BCUT2D eigenvalue weighted by atomic mass is 35.5. The van der Waals surface area contributed by atoms with E-state index < -0.39 is 6.04 Å². The zero-order valence-electron chi connectivity index (χ0n) is 20.1. The van der Waals surface area contributed by atoms with Crippen molar-refractivity contribution in [2.45, 2.75) is 58.7 Å². The molecule has 3 aromatic rings. The van der Waals surface area contributed by atoms with Crippen molar-refractivity contribution in [3.05, 3.63) is 106 Å². The second kappa shape index (κ2) is 12.4. The SMILES string of the molecule is CC[C@@H](C)NC(=O)[C@@H](Cc1ccccc1)N(Cc1ccc(Cl)cc1)C(=O)Cc1ccc(C)cc1. The van der Waals surface area contributed by atoms with Crippen LogP contribution < -0.4 is 5.32 Å². The summed E-state index contributed by atoms with van der Waals surface area (Å²) in [5.41, 5.74) is 4.01. The Kier molecular flexibility index (Phi) is 9.29. The number of halogens is 1. The van der Waals surface area contributed by atoms with Crippen LogP contribution in [0, 0.1) is 6.92 Å². The van der Waals surface area contributed by atoms with E-state index >= 15 is 0 Å². The zero-order chi connectivity index (χ0) is 24.5. The Balaban J connectivity index is 1.95. The molecule has 178 valence electrons. The molecule has 0 heterocycles. The van der Waals surface area contributed by atoms with Crippen molar-refractivity contribution in [2.75, 3.05) is 0 Å². The Morgan fingerprint density at radius 2 is 1.50 bits per heavy atom. The molecule has 0 aliphatic heterocycles. The van der Waals surface area contributed by atoms with E-state index in [1.54, 1.807) is 4.90 Å². The van der Waals surface area contributed by atoms with E-state index in [4.69, 9.17) is 11.6 Å². The molecule has 0 bridgehead atoms. The molecule has 2 amide bonds. The number of aryl methyl sites for hydroxylation is 1. The predicted molar refractivity (Wildman–Crippen MR) is 139 cm³/mol. The third kappa shape index (κ3) is 7.46. The van der Waals surface area contributed by atoms with Gasteiger partial charge in [-0.2, -0.15) is 0 Å². The number of benzene rings is 3. The van der Waals surface area contributed by atoms with Gasteiger partial charge in [-0.15, -0.1) is 0 Å². The third-order valence-electron chi connectivity index (χ3n) is 6.01. The number of hydrogen-bond acceptors (Lipinski definition) is 2. The van der Waals surface area contributed by atoms with E-state index in [2.05, 4.69) is 5.32 Å². The second-order valence-electron chi connectivity index (χ2n) is 8.83. The van der Waals surface area contributed by atoms with Gasteiger partial charge in [0, 0.05) is 24.0 Å². The van der Waals surface area contributed by atoms with Gasteiger partial charge >= 0.3 is 0 Å². The van der Waals surface area contributed by atoms with Gasteiger partial charge in [-0.1, -0.05) is 90.8 Å².